The molecule has 0 aliphatic rings. The molecule has 0 saturated heterocycles. The Balaban J connectivity index is 2.00. The number of halogens is 1. The third kappa shape index (κ3) is 4.65. The van der Waals surface area contributed by atoms with Gasteiger partial charge in [0.25, 0.3) is 0 Å². The molecule has 2 N–H and O–H groups in total. The summed E-state index contributed by atoms with van der Waals surface area (Å²) in [6.07, 6.45) is 0.434. The number of hydrogen-bond donors (Lipinski definition) is 2. The molecule has 2 aromatic rings. The molecular formula is C19H20FNO3. The molecule has 0 aliphatic carbocycles. The standard InChI is InChI=1S/C19H20FNO3/c1-12(19(23)24)10-14-6-8-17(9-7-14)21-18(22)13(2)15-4-3-5-16(20)11-15/h3-9,11-13H,10H2,1-2H3,(H,21,22)(H,23,24). The lowest BCUT2D eigenvalue weighted by atomic mass is 9.99. The summed E-state index contributed by atoms with van der Waals surface area (Å²) in [6, 6.07) is 13.0. The Hall–Kier alpha value is -2.69. The van der Waals surface area contributed by atoms with Gasteiger partial charge in [0, 0.05) is 5.69 Å². The Bertz CT molecular complexity index is 728. The lowest BCUT2D eigenvalue weighted by molar-refractivity contribution is -0.141. The van der Waals surface area contributed by atoms with Crippen LogP contribution >= 0.6 is 0 Å². The summed E-state index contributed by atoms with van der Waals surface area (Å²) in [7, 11) is 0. The Morgan fingerprint density at radius 3 is 2.38 bits per heavy atom. The summed E-state index contributed by atoms with van der Waals surface area (Å²) in [5.41, 5.74) is 2.12. The van der Waals surface area contributed by atoms with Gasteiger partial charge in [-0.05, 0) is 48.7 Å². The normalized spacial score (nSPS) is 13.1. The quantitative estimate of drug-likeness (QED) is 0.846. The van der Waals surface area contributed by atoms with Gasteiger partial charge >= 0.3 is 5.97 Å². The smallest absolute Gasteiger partial charge is 0.306 e. The number of rotatable bonds is 6. The van der Waals surface area contributed by atoms with Crippen LogP contribution in [0.2, 0.25) is 0 Å². The van der Waals surface area contributed by atoms with Crippen LogP contribution in [0.15, 0.2) is 48.5 Å². The van der Waals surface area contributed by atoms with Crippen molar-refractivity contribution in [3.05, 3.63) is 65.5 Å². The highest BCUT2D eigenvalue weighted by Gasteiger charge is 2.16. The van der Waals surface area contributed by atoms with Crippen molar-refractivity contribution in [3.63, 3.8) is 0 Å². The zero-order valence-corrected chi connectivity index (χ0v) is 13.6. The van der Waals surface area contributed by atoms with Crippen molar-refractivity contribution in [3.8, 4) is 0 Å². The van der Waals surface area contributed by atoms with Crippen LogP contribution in [0.4, 0.5) is 10.1 Å². The monoisotopic (exact) mass is 329 g/mol. The van der Waals surface area contributed by atoms with Gasteiger partial charge in [0.15, 0.2) is 0 Å². The number of hydrogen-bond acceptors (Lipinski definition) is 2. The Morgan fingerprint density at radius 1 is 1.12 bits per heavy atom. The van der Waals surface area contributed by atoms with Crippen molar-refractivity contribution < 1.29 is 19.1 Å². The third-order valence-electron chi connectivity index (χ3n) is 3.93. The highest BCUT2D eigenvalue weighted by Crippen LogP contribution is 2.19. The molecule has 2 atom stereocenters. The van der Waals surface area contributed by atoms with Gasteiger partial charge in [-0.15, -0.1) is 0 Å². The van der Waals surface area contributed by atoms with E-state index < -0.39 is 17.8 Å². The first-order valence-corrected chi connectivity index (χ1v) is 7.75. The van der Waals surface area contributed by atoms with Gasteiger partial charge in [0.2, 0.25) is 5.91 Å². The summed E-state index contributed by atoms with van der Waals surface area (Å²) >= 11 is 0. The molecule has 0 aliphatic heterocycles. The number of benzene rings is 2. The Labute approximate surface area is 140 Å². The van der Waals surface area contributed by atoms with Crippen molar-refractivity contribution in [2.75, 3.05) is 5.32 Å². The van der Waals surface area contributed by atoms with E-state index in [1.54, 1.807) is 50.2 Å². The maximum Gasteiger partial charge on any atom is 0.306 e. The predicted octanol–water partition coefficient (Wildman–Crippen LogP) is 3.83. The van der Waals surface area contributed by atoms with Crippen molar-refractivity contribution in [1.29, 1.82) is 0 Å². The van der Waals surface area contributed by atoms with E-state index in [9.17, 15) is 14.0 Å². The van der Waals surface area contributed by atoms with Gasteiger partial charge in [0.1, 0.15) is 5.82 Å². The first kappa shape index (κ1) is 17.7. The number of nitrogens with one attached hydrogen (secondary N) is 1. The minimum atomic E-state index is -0.837. The molecule has 1 amide bonds. The van der Waals surface area contributed by atoms with Crippen LogP contribution in [0.5, 0.6) is 0 Å². The van der Waals surface area contributed by atoms with Crippen molar-refractivity contribution in [2.24, 2.45) is 5.92 Å². The van der Waals surface area contributed by atoms with Crippen LogP contribution < -0.4 is 5.32 Å². The minimum absolute atomic E-state index is 0.229. The van der Waals surface area contributed by atoms with Crippen molar-refractivity contribution in [2.45, 2.75) is 26.2 Å². The molecule has 24 heavy (non-hydrogen) atoms. The van der Waals surface area contributed by atoms with Gasteiger partial charge in [-0.3, -0.25) is 9.59 Å². The summed E-state index contributed by atoms with van der Waals surface area (Å²) < 4.78 is 13.2. The molecule has 126 valence electrons. The third-order valence-corrected chi connectivity index (χ3v) is 3.93. The average Bonchev–Trinajstić information content (AvgIpc) is 2.55. The highest BCUT2D eigenvalue weighted by atomic mass is 19.1. The van der Waals surface area contributed by atoms with Crippen LogP contribution in [0.1, 0.15) is 30.9 Å². The van der Waals surface area contributed by atoms with Gasteiger partial charge in [-0.2, -0.15) is 0 Å². The molecule has 0 heterocycles. The maximum atomic E-state index is 13.2. The van der Waals surface area contributed by atoms with Crippen LogP contribution in [-0.4, -0.2) is 17.0 Å². The summed E-state index contributed by atoms with van der Waals surface area (Å²) in [6.45, 7) is 3.37. The van der Waals surface area contributed by atoms with Gasteiger partial charge in [-0.25, -0.2) is 4.39 Å². The number of carbonyl (C=O) groups is 2. The number of anilines is 1. The number of amides is 1. The van der Waals surface area contributed by atoms with Gasteiger partial charge in [-0.1, -0.05) is 31.2 Å². The molecular weight excluding hydrogens is 309 g/mol. The highest BCUT2D eigenvalue weighted by molar-refractivity contribution is 5.95. The maximum absolute atomic E-state index is 13.2. The molecule has 0 radical (unpaired) electrons. The minimum Gasteiger partial charge on any atom is -0.481 e. The zero-order valence-electron chi connectivity index (χ0n) is 13.6. The Morgan fingerprint density at radius 2 is 1.79 bits per heavy atom. The van der Waals surface area contributed by atoms with Crippen LogP contribution in [0, 0.1) is 11.7 Å². The summed E-state index contributed by atoms with van der Waals surface area (Å²) in [5, 5.41) is 11.7. The van der Waals surface area contributed by atoms with E-state index in [2.05, 4.69) is 5.32 Å². The molecule has 5 heteroatoms. The van der Waals surface area contributed by atoms with E-state index in [4.69, 9.17) is 5.11 Å². The SMILES string of the molecule is CC(Cc1ccc(NC(=O)C(C)c2cccc(F)c2)cc1)C(=O)O. The van der Waals surface area contributed by atoms with Crippen LogP contribution in [0.3, 0.4) is 0 Å². The molecule has 0 saturated carbocycles. The number of carbonyl (C=O) groups excluding carboxylic acids is 1. The molecule has 0 fully saturated rings. The molecule has 0 aromatic heterocycles. The van der Waals surface area contributed by atoms with E-state index in [0.717, 1.165) is 5.56 Å². The van der Waals surface area contributed by atoms with Crippen LogP contribution in [-0.2, 0) is 16.0 Å². The van der Waals surface area contributed by atoms with E-state index in [0.29, 0.717) is 17.7 Å². The first-order valence-electron chi connectivity index (χ1n) is 7.75. The zero-order chi connectivity index (χ0) is 17.7. The molecule has 2 aromatic carbocycles. The van der Waals surface area contributed by atoms with E-state index >= 15 is 0 Å². The number of carboxylic acid groups (broad SMARTS) is 1. The fourth-order valence-electron chi connectivity index (χ4n) is 2.34. The van der Waals surface area contributed by atoms with E-state index in [-0.39, 0.29) is 11.7 Å². The molecule has 0 spiro atoms. The number of carboxylic acids is 1. The molecule has 2 unspecified atom stereocenters. The summed E-state index contributed by atoms with van der Waals surface area (Å²) in [5.74, 6) is -2.38. The molecule has 2 rings (SSSR count). The first-order chi connectivity index (χ1) is 11.4. The van der Waals surface area contributed by atoms with Crippen molar-refractivity contribution >= 4 is 17.6 Å². The van der Waals surface area contributed by atoms with E-state index in [1.807, 2.05) is 0 Å². The average molecular weight is 329 g/mol. The fourth-order valence-corrected chi connectivity index (χ4v) is 2.34. The summed E-state index contributed by atoms with van der Waals surface area (Å²) in [4.78, 5) is 23.1. The lowest BCUT2D eigenvalue weighted by Crippen LogP contribution is -2.19. The fraction of sp³-hybridized carbons (Fsp3) is 0.263. The van der Waals surface area contributed by atoms with E-state index in [1.165, 1.54) is 12.1 Å². The Kier molecular flexibility index (Phi) is 5.68. The predicted molar refractivity (Wildman–Crippen MR) is 90.4 cm³/mol. The van der Waals surface area contributed by atoms with Crippen molar-refractivity contribution in [1.82, 2.24) is 0 Å². The second-order valence-corrected chi connectivity index (χ2v) is 5.91. The second kappa shape index (κ2) is 7.73. The van der Waals surface area contributed by atoms with Gasteiger partial charge in [0.05, 0.1) is 11.8 Å². The lowest BCUT2D eigenvalue weighted by Gasteiger charge is -2.13. The largest absolute Gasteiger partial charge is 0.481 e. The van der Waals surface area contributed by atoms with Gasteiger partial charge < -0.3 is 10.4 Å². The van der Waals surface area contributed by atoms with Crippen LogP contribution in [0.25, 0.3) is 0 Å². The molecule has 0 bridgehead atoms. The topological polar surface area (TPSA) is 66.4 Å². The molecule has 4 nitrogen and oxygen atoms in total. The second-order valence-electron chi connectivity index (χ2n) is 5.91. The number of aliphatic carboxylic acids is 1.